The fourth-order valence-electron chi connectivity index (χ4n) is 4.90. The molecule has 5 nitrogen and oxygen atoms in total. The number of carbonyl (C=O) groups excluding carboxylic acids is 1. The molecule has 6 atom stereocenters. The van der Waals surface area contributed by atoms with Crippen LogP contribution in [0.1, 0.15) is 73.0 Å². The zero-order valence-electron chi connectivity index (χ0n) is 18.0. The van der Waals surface area contributed by atoms with Crippen LogP contribution in [-0.2, 0) is 14.2 Å². The van der Waals surface area contributed by atoms with Crippen LogP contribution >= 0.6 is 0 Å². The van der Waals surface area contributed by atoms with Crippen LogP contribution in [0.15, 0.2) is 24.3 Å². The van der Waals surface area contributed by atoms with Gasteiger partial charge in [-0.1, -0.05) is 29.8 Å². The maximum atomic E-state index is 13.0. The van der Waals surface area contributed by atoms with Crippen molar-refractivity contribution in [2.75, 3.05) is 0 Å². The number of cyclic esters (lactones) is 1. The molecule has 1 saturated heterocycles. The first kappa shape index (κ1) is 20.6. The summed E-state index contributed by atoms with van der Waals surface area (Å²) >= 11 is 0. The average Bonchev–Trinajstić information content (AvgIpc) is 3.28. The Morgan fingerprint density at radius 2 is 1.90 bits per heavy atom. The lowest BCUT2D eigenvalue weighted by Gasteiger charge is -2.21. The number of hydrogen-bond donors (Lipinski definition) is 1. The van der Waals surface area contributed by atoms with Crippen LogP contribution in [0.4, 0.5) is 0 Å². The van der Waals surface area contributed by atoms with E-state index in [1.54, 1.807) is 6.08 Å². The molecule has 2 aliphatic heterocycles. The smallest absolute Gasteiger partial charge is 0.338 e. The van der Waals surface area contributed by atoms with Crippen molar-refractivity contribution in [3.8, 4) is 0 Å². The summed E-state index contributed by atoms with van der Waals surface area (Å²) in [6.07, 6.45) is 4.39. The molecule has 5 heteroatoms. The maximum absolute atomic E-state index is 13.0. The zero-order chi connectivity index (χ0) is 20.9. The van der Waals surface area contributed by atoms with Gasteiger partial charge in [0.25, 0.3) is 0 Å². The molecule has 3 aliphatic rings. The van der Waals surface area contributed by atoms with E-state index >= 15 is 0 Å². The summed E-state index contributed by atoms with van der Waals surface area (Å²) in [7, 11) is 0. The van der Waals surface area contributed by atoms with Gasteiger partial charge in [-0.25, -0.2) is 4.79 Å². The lowest BCUT2D eigenvalue weighted by atomic mass is 9.93. The Bertz CT molecular complexity index is 827. The summed E-state index contributed by atoms with van der Waals surface area (Å²) in [5, 5.41) is 10.7. The minimum absolute atomic E-state index is 0.165. The lowest BCUT2D eigenvalue weighted by molar-refractivity contribution is -0.153. The lowest BCUT2D eigenvalue weighted by Crippen LogP contribution is -2.34. The molecule has 4 rings (SSSR count). The number of hydrogen-bond acceptors (Lipinski definition) is 5. The van der Waals surface area contributed by atoms with Gasteiger partial charge in [-0.2, -0.15) is 0 Å². The van der Waals surface area contributed by atoms with E-state index in [2.05, 4.69) is 13.0 Å². The van der Waals surface area contributed by atoms with Gasteiger partial charge >= 0.3 is 5.97 Å². The highest BCUT2D eigenvalue weighted by Gasteiger charge is 2.49. The Kier molecular flexibility index (Phi) is 5.34. The zero-order valence-corrected chi connectivity index (χ0v) is 18.0. The highest BCUT2D eigenvalue weighted by molar-refractivity contribution is 5.93. The minimum Gasteiger partial charge on any atom is -0.459 e. The van der Waals surface area contributed by atoms with E-state index in [-0.39, 0.29) is 24.3 Å². The van der Waals surface area contributed by atoms with Gasteiger partial charge in [-0.05, 0) is 70.4 Å². The molecule has 0 bridgehead atoms. The molecule has 0 radical (unpaired) electrons. The van der Waals surface area contributed by atoms with Crippen molar-refractivity contribution in [2.45, 2.75) is 90.0 Å². The van der Waals surface area contributed by atoms with Gasteiger partial charge in [0.2, 0.25) is 0 Å². The van der Waals surface area contributed by atoms with E-state index in [1.807, 2.05) is 39.8 Å². The largest absolute Gasteiger partial charge is 0.459 e. The van der Waals surface area contributed by atoms with Gasteiger partial charge in [0, 0.05) is 6.42 Å². The molecular formula is C24H32O5. The van der Waals surface area contributed by atoms with Gasteiger partial charge < -0.3 is 19.3 Å². The number of carbonyl (C=O) groups is 1. The second kappa shape index (κ2) is 7.53. The van der Waals surface area contributed by atoms with E-state index in [0.717, 1.165) is 35.1 Å². The Balaban J connectivity index is 1.69. The highest BCUT2D eigenvalue weighted by atomic mass is 16.8. The van der Waals surface area contributed by atoms with Crippen LogP contribution in [0.2, 0.25) is 0 Å². The third-order valence-electron chi connectivity index (χ3n) is 6.24. The van der Waals surface area contributed by atoms with Gasteiger partial charge in [0.05, 0.1) is 11.7 Å². The fraction of sp³-hybridized carbons (Fsp3) is 0.625. The number of fused-ring (bicyclic) bond motifs is 4. The van der Waals surface area contributed by atoms with E-state index < -0.39 is 11.9 Å². The van der Waals surface area contributed by atoms with Crippen molar-refractivity contribution in [3.05, 3.63) is 46.5 Å². The maximum Gasteiger partial charge on any atom is 0.338 e. The predicted octanol–water partition coefficient (Wildman–Crippen LogP) is 4.18. The number of benzene rings is 1. The molecule has 0 amide bonds. The standard InChI is InChI=1S/C24H32O5/c1-13-9-14(2)21-18(10-13)17-11-16(17)12-20-22(29-24(4,5)28-20)19(25)8-6-7-15(3)27-23(21)26/h6,8-10,15-17,19-20,22,25H,7,11-12H2,1-5H3/b8-6-/t15-,16?,17?,19?,20+,22+/m0/s1. The molecule has 3 unspecified atom stereocenters. The number of aliphatic hydroxyl groups is 1. The van der Waals surface area contributed by atoms with Crippen LogP contribution < -0.4 is 0 Å². The quantitative estimate of drug-likeness (QED) is 0.523. The third-order valence-corrected chi connectivity index (χ3v) is 6.24. The van der Waals surface area contributed by atoms with E-state index in [4.69, 9.17) is 14.2 Å². The van der Waals surface area contributed by atoms with Crippen molar-refractivity contribution in [3.63, 3.8) is 0 Å². The van der Waals surface area contributed by atoms with Gasteiger partial charge in [-0.15, -0.1) is 0 Å². The fourth-order valence-corrected chi connectivity index (χ4v) is 4.90. The van der Waals surface area contributed by atoms with Crippen LogP contribution in [-0.4, -0.2) is 41.3 Å². The van der Waals surface area contributed by atoms with Gasteiger partial charge in [0.15, 0.2) is 5.79 Å². The van der Waals surface area contributed by atoms with E-state index in [0.29, 0.717) is 18.3 Å². The number of aryl methyl sites for hydroxylation is 2. The molecule has 1 aromatic rings. The van der Waals surface area contributed by atoms with Gasteiger partial charge in [-0.3, -0.25) is 0 Å². The Morgan fingerprint density at radius 3 is 2.66 bits per heavy atom. The monoisotopic (exact) mass is 400 g/mol. The first-order valence-electron chi connectivity index (χ1n) is 10.7. The van der Waals surface area contributed by atoms with Crippen molar-refractivity contribution in [1.82, 2.24) is 0 Å². The van der Waals surface area contributed by atoms with Crippen molar-refractivity contribution in [2.24, 2.45) is 5.92 Å². The molecule has 2 fully saturated rings. The summed E-state index contributed by atoms with van der Waals surface area (Å²) in [6.45, 7) is 9.72. The highest BCUT2D eigenvalue weighted by Crippen LogP contribution is 2.53. The minimum atomic E-state index is -0.749. The van der Waals surface area contributed by atoms with Crippen molar-refractivity contribution >= 4 is 5.97 Å². The molecule has 0 spiro atoms. The SMILES string of the molecule is Cc1cc(C)c2c(c1)C1CC1C[C@H]1OC(C)(C)O[C@@H]1C(O)/C=C\C[C@H](C)OC2=O. The van der Waals surface area contributed by atoms with Crippen LogP contribution in [0.5, 0.6) is 0 Å². The van der Waals surface area contributed by atoms with Crippen molar-refractivity contribution < 1.29 is 24.1 Å². The second-order valence-electron chi connectivity index (χ2n) is 9.39. The molecular weight excluding hydrogens is 368 g/mol. The molecule has 1 saturated carbocycles. The summed E-state index contributed by atoms with van der Waals surface area (Å²) in [5.41, 5.74) is 3.94. The molecule has 29 heavy (non-hydrogen) atoms. The molecule has 1 aromatic carbocycles. The summed E-state index contributed by atoms with van der Waals surface area (Å²) in [4.78, 5) is 13.0. The number of ether oxygens (including phenoxy) is 3. The molecule has 1 aliphatic carbocycles. The van der Waals surface area contributed by atoms with E-state index in [1.165, 1.54) is 0 Å². The number of esters is 1. The normalized spacial score (nSPS) is 37.5. The predicted molar refractivity (Wildman–Crippen MR) is 110 cm³/mol. The Morgan fingerprint density at radius 1 is 1.14 bits per heavy atom. The summed E-state index contributed by atoms with van der Waals surface area (Å²) < 4.78 is 17.9. The van der Waals surface area contributed by atoms with E-state index in [9.17, 15) is 9.90 Å². The Hall–Kier alpha value is -1.69. The Labute approximate surface area is 173 Å². The summed E-state index contributed by atoms with van der Waals surface area (Å²) in [5.74, 6) is -0.236. The second-order valence-corrected chi connectivity index (χ2v) is 9.39. The average molecular weight is 401 g/mol. The molecule has 2 heterocycles. The molecule has 158 valence electrons. The summed E-state index contributed by atoms with van der Waals surface area (Å²) in [6, 6.07) is 4.18. The van der Waals surface area contributed by atoms with Crippen LogP contribution in [0, 0.1) is 19.8 Å². The van der Waals surface area contributed by atoms with Gasteiger partial charge in [0.1, 0.15) is 18.3 Å². The van der Waals surface area contributed by atoms with Crippen LogP contribution in [0.3, 0.4) is 0 Å². The number of aliphatic hydroxyl groups excluding tert-OH is 1. The first-order valence-corrected chi connectivity index (χ1v) is 10.7. The molecule has 1 N–H and O–H groups in total. The third kappa shape index (κ3) is 4.27. The van der Waals surface area contributed by atoms with Crippen molar-refractivity contribution in [1.29, 1.82) is 0 Å². The topological polar surface area (TPSA) is 65.0 Å². The molecule has 0 aromatic heterocycles. The van der Waals surface area contributed by atoms with Crippen LogP contribution in [0.25, 0.3) is 0 Å². The number of rotatable bonds is 0. The first-order chi connectivity index (χ1) is 13.6.